The van der Waals surface area contributed by atoms with E-state index in [9.17, 15) is 23.1 Å². The van der Waals surface area contributed by atoms with Crippen LogP contribution < -0.4 is 4.72 Å². The molecule has 1 aromatic heterocycles. The monoisotopic (exact) mass is 381 g/mol. The van der Waals surface area contributed by atoms with E-state index in [4.69, 9.17) is 4.42 Å². The van der Waals surface area contributed by atoms with E-state index >= 15 is 0 Å². The SMILES string of the molecule is CCc1oc(C(=O)OC)cc1S(=O)(=O)N[C@H](Cc1ccccc1)C(=O)O. The quantitative estimate of drug-likeness (QED) is 0.666. The van der Waals surface area contributed by atoms with Crippen LogP contribution >= 0.6 is 0 Å². The van der Waals surface area contributed by atoms with Gasteiger partial charge in [0.2, 0.25) is 15.8 Å². The zero-order valence-electron chi connectivity index (χ0n) is 14.3. The molecule has 0 aliphatic heterocycles. The Morgan fingerprint density at radius 1 is 1.27 bits per heavy atom. The topological polar surface area (TPSA) is 123 Å². The molecule has 0 aliphatic carbocycles. The van der Waals surface area contributed by atoms with Gasteiger partial charge in [0, 0.05) is 12.5 Å². The van der Waals surface area contributed by atoms with Gasteiger partial charge in [-0.1, -0.05) is 37.3 Å². The summed E-state index contributed by atoms with van der Waals surface area (Å²) < 4.78 is 37.2. The van der Waals surface area contributed by atoms with Gasteiger partial charge in [-0.25, -0.2) is 13.2 Å². The van der Waals surface area contributed by atoms with E-state index in [0.29, 0.717) is 5.56 Å². The number of carbonyl (C=O) groups excluding carboxylic acids is 1. The summed E-state index contributed by atoms with van der Waals surface area (Å²) in [6, 6.07) is 8.31. The molecule has 1 aromatic carbocycles. The van der Waals surface area contributed by atoms with Gasteiger partial charge in [-0.2, -0.15) is 4.72 Å². The normalized spacial score (nSPS) is 12.5. The number of hydrogen-bond acceptors (Lipinski definition) is 6. The smallest absolute Gasteiger partial charge is 0.373 e. The highest BCUT2D eigenvalue weighted by molar-refractivity contribution is 7.89. The third-order valence-corrected chi connectivity index (χ3v) is 5.16. The number of ether oxygens (including phenoxy) is 1. The minimum Gasteiger partial charge on any atom is -0.480 e. The zero-order valence-corrected chi connectivity index (χ0v) is 15.1. The van der Waals surface area contributed by atoms with Crippen molar-refractivity contribution in [3.63, 3.8) is 0 Å². The Kier molecular flexibility index (Phi) is 6.17. The van der Waals surface area contributed by atoms with Crippen LogP contribution in [0.3, 0.4) is 0 Å². The van der Waals surface area contributed by atoms with Crippen molar-refractivity contribution in [2.75, 3.05) is 7.11 Å². The summed E-state index contributed by atoms with van der Waals surface area (Å²) in [6.45, 7) is 1.65. The standard InChI is InChI=1S/C17H19NO7S/c1-3-13-15(10-14(25-13)17(21)24-2)26(22,23)18-12(16(19)20)9-11-7-5-4-6-8-11/h4-8,10,12,18H,3,9H2,1-2H3,(H,19,20)/t12-/m1/s1. The molecular weight excluding hydrogens is 362 g/mol. The minimum absolute atomic E-state index is 0.0292. The first-order valence-electron chi connectivity index (χ1n) is 7.78. The summed E-state index contributed by atoms with van der Waals surface area (Å²) in [5, 5.41) is 9.38. The first-order chi connectivity index (χ1) is 12.3. The summed E-state index contributed by atoms with van der Waals surface area (Å²) in [5.74, 6) is -2.35. The van der Waals surface area contributed by atoms with Crippen LogP contribution in [0.2, 0.25) is 0 Å². The van der Waals surface area contributed by atoms with E-state index in [1.54, 1.807) is 37.3 Å². The fourth-order valence-corrected chi connectivity index (χ4v) is 3.80. The summed E-state index contributed by atoms with van der Waals surface area (Å²) in [4.78, 5) is 22.8. The van der Waals surface area contributed by atoms with Gasteiger partial charge in [-0.15, -0.1) is 0 Å². The second-order valence-electron chi connectivity index (χ2n) is 5.45. The van der Waals surface area contributed by atoms with Gasteiger partial charge in [-0.3, -0.25) is 4.79 Å². The van der Waals surface area contributed by atoms with E-state index in [0.717, 1.165) is 13.2 Å². The summed E-state index contributed by atoms with van der Waals surface area (Å²) >= 11 is 0. The molecule has 0 spiro atoms. The van der Waals surface area contributed by atoms with Crippen molar-refractivity contribution in [1.82, 2.24) is 4.72 Å². The molecule has 1 atom stereocenters. The van der Waals surface area contributed by atoms with Gasteiger partial charge < -0.3 is 14.3 Å². The maximum Gasteiger partial charge on any atom is 0.373 e. The highest BCUT2D eigenvalue weighted by Crippen LogP contribution is 2.22. The molecule has 1 heterocycles. The molecule has 0 unspecified atom stereocenters. The fraction of sp³-hybridized carbons (Fsp3) is 0.294. The van der Waals surface area contributed by atoms with E-state index in [2.05, 4.69) is 9.46 Å². The first-order valence-corrected chi connectivity index (χ1v) is 9.27. The molecule has 26 heavy (non-hydrogen) atoms. The molecule has 8 nitrogen and oxygen atoms in total. The Hall–Kier alpha value is -2.65. The third kappa shape index (κ3) is 4.50. The van der Waals surface area contributed by atoms with Crippen LogP contribution in [0.4, 0.5) is 0 Å². The number of carboxylic acids is 1. The molecule has 9 heteroatoms. The second kappa shape index (κ2) is 8.15. The van der Waals surface area contributed by atoms with Gasteiger partial charge in [0.15, 0.2) is 0 Å². The van der Waals surface area contributed by atoms with Crippen molar-refractivity contribution in [1.29, 1.82) is 0 Å². The Bertz CT molecular complexity index is 887. The Labute approximate surface area is 150 Å². The number of nitrogens with one attached hydrogen (secondary N) is 1. The maximum absolute atomic E-state index is 12.7. The zero-order chi connectivity index (χ0) is 19.3. The van der Waals surface area contributed by atoms with Crippen LogP contribution in [-0.2, 0) is 32.4 Å². The van der Waals surface area contributed by atoms with E-state index < -0.39 is 28.0 Å². The molecule has 2 aromatic rings. The molecule has 2 N–H and O–H groups in total. The number of hydrogen-bond donors (Lipinski definition) is 2. The van der Waals surface area contributed by atoms with Crippen LogP contribution in [0.1, 0.15) is 28.8 Å². The fourth-order valence-electron chi connectivity index (χ4n) is 2.37. The van der Waals surface area contributed by atoms with Crippen molar-refractivity contribution in [2.24, 2.45) is 0 Å². The predicted molar refractivity (Wildman–Crippen MR) is 91.3 cm³/mol. The number of carbonyl (C=O) groups is 2. The molecule has 0 aliphatic rings. The van der Waals surface area contributed by atoms with Gasteiger partial charge in [0.05, 0.1) is 7.11 Å². The van der Waals surface area contributed by atoms with Gasteiger partial charge in [-0.05, 0) is 12.0 Å². The summed E-state index contributed by atoms with van der Waals surface area (Å²) in [5.41, 5.74) is 0.667. The lowest BCUT2D eigenvalue weighted by molar-refractivity contribution is -0.138. The lowest BCUT2D eigenvalue weighted by Crippen LogP contribution is -2.42. The highest BCUT2D eigenvalue weighted by Gasteiger charge is 2.30. The first kappa shape index (κ1) is 19.7. The highest BCUT2D eigenvalue weighted by atomic mass is 32.2. The lowest BCUT2D eigenvalue weighted by atomic mass is 10.1. The molecule has 0 bridgehead atoms. The lowest BCUT2D eigenvalue weighted by Gasteiger charge is -2.14. The average Bonchev–Trinajstić information content (AvgIpc) is 3.06. The van der Waals surface area contributed by atoms with Gasteiger partial charge >= 0.3 is 11.9 Å². The molecule has 0 fully saturated rings. The van der Waals surface area contributed by atoms with E-state index in [-0.39, 0.29) is 29.3 Å². The number of aryl methyl sites for hydroxylation is 1. The number of sulfonamides is 1. The largest absolute Gasteiger partial charge is 0.480 e. The average molecular weight is 381 g/mol. The maximum atomic E-state index is 12.7. The molecule has 2 rings (SSSR count). The number of furan rings is 1. The van der Waals surface area contributed by atoms with Crippen molar-refractivity contribution in [2.45, 2.75) is 30.7 Å². The van der Waals surface area contributed by atoms with E-state index in [1.807, 2.05) is 0 Å². The number of methoxy groups -OCH3 is 1. The summed E-state index contributed by atoms with van der Waals surface area (Å²) in [7, 11) is -3.08. The van der Waals surface area contributed by atoms with Crippen LogP contribution in [0.15, 0.2) is 45.7 Å². The summed E-state index contributed by atoms with van der Waals surface area (Å²) in [6.07, 6.45) is 0.169. The minimum atomic E-state index is -4.22. The van der Waals surface area contributed by atoms with Crippen LogP contribution in [0.5, 0.6) is 0 Å². The molecule has 140 valence electrons. The van der Waals surface area contributed by atoms with Crippen molar-refractivity contribution < 1.29 is 32.3 Å². The van der Waals surface area contributed by atoms with Crippen LogP contribution in [0.25, 0.3) is 0 Å². The third-order valence-electron chi connectivity index (χ3n) is 3.65. The van der Waals surface area contributed by atoms with Crippen LogP contribution in [0, 0.1) is 0 Å². The van der Waals surface area contributed by atoms with Gasteiger partial charge in [0.1, 0.15) is 16.7 Å². The number of aliphatic carboxylic acids is 1. The molecule has 0 saturated carbocycles. The van der Waals surface area contributed by atoms with Crippen molar-refractivity contribution in [3.05, 3.63) is 53.5 Å². The Morgan fingerprint density at radius 2 is 1.92 bits per heavy atom. The second-order valence-corrected chi connectivity index (χ2v) is 7.13. The molecule has 0 amide bonds. The van der Waals surface area contributed by atoms with Crippen LogP contribution in [-0.4, -0.2) is 38.6 Å². The van der Waals surface area contributed by atoms with Crippen molar-refractivity contribution >= 4 is 22.0 Å². The van der Waals surface area contributed by atoms with E-state index in [1.165, 1.54) is 0 Å². The number of carboxylic acid groups (broad SMARTS) is 1. The molecular formula is C17H19NO7S. The van der Waals surface area contributed by atoms with Crippen molar-refractivity contribution in [3.8, 4) is 0 Å². The number of esters is 1. The Morgan fingerprint density at radius 3 is 2.46 bits per heavy atom. The number of benzene rings is 1. The van der Waals surface area contributed by atoms with Gasteiger partial charge in [0.25, 0.3) is 0 Å². The molecule has 0 saturated heterocycles. The number of rotatable bonds is 8. The predicted octanol–water partition coefficient (Wildman–Crippen LogP) is 1.60. The Balaban J connectivity index is 2.32. The molecule has 0 radical (unpaired) electrons.